The molecule has 116 valence electrons. The zero-order valence-corrected chi connectivity index (χ0v) is 14.4. The van der Waals surface area contributed by atoms with Crippen molar-refractivity contribution in [3.63, 3.8) is 0 Å². The molecule has 0 saturated carbocycles. The Morgan fingerprint density at radius 3 is 2.71 bits per heavy atom. The molecule has 6 heteroatoms. The molecule has 0 bridgehead atoms. The van der Waals surface area contributed by atoms with E-state index in [9.17, 15) is 0 Å². The Morgan fingerprint density at radius 2 is 2.10 bits per heavy atom. The number of imidazole rings is 1. The molecule has 5 nitrogen and oxygen atoms in total. The molecule has 3 heterocycles. The van der Waals surface area contributed by atoms with E-state index in [0.29, 0.717) is 6.04 Å². The van der Waals surface area contributed by atoms with E-state index in [-0.39, 0.29) is 5.41 Å². The van der Waals surface area contributed by atoms with E-state index in [0.717, 1.165) is 28.9 Å². The van der Waals surface area contributed by atoms with Gasteiger partial charge >= 0.3 is 0 Å². The molecule has 0 aliphatic carbocycles. The fourth-order valence-electron chi connectivity index (χ4n) is 2.73. The third-order valence-corrected chi connectivity index (χ3v) is 5.18. The van der Waals surface area contributed by atoms with Crippen LogP contribution in [0, 0.1) is 0 Å². The van der Waals surface area contributed by atoms with Gasteiger partial charge in [0.1, 0.15) is 0 Å². The minimum Gasteiger partial charge on any atom is -0.345 e. The second-order valence-electron chi connectivity index (χ2n) is 7.19. The molecule has 0 spiro atoms. The fourth-order valence-corrected chi connectivity index (χ4v) is 3.65. The van der Waals surface area contributed by atoms with Gasteiger partial charge in [-0.2, -0.15) is 0 Å². The zero-order chi connectivity index (χ0) is 15.2. The predicted molar refractivity (Wildman–Crippen MR) is 88.5 cm³/mol. The van der Waals surface area contributed by atoms with Gasteiger partial charge in [0.25, 0.3) is 0 Å². The first-order chi connectivity index (χ1) is 9.84. The molecule has 3 rings (SSSR count). The number of hydrogen-bond acceptors (Lipinski definition) is 5. The summed E-state index contributed by atoms with van der Waals surface area (Å²) in [6, 6.07) is 0.625. The first-order valence-corrected chi connectivity index (χ1v) is 8.44. The lowest BCUT2D eigenvalue weighted by atomic mass is 9.93. The Bertz CT molecular complexity index is 590. The van der Waals surface area contributed by atoms with Crippen molar-refractivity contribution < 1.29 is 0 Å². The van der Waals surface area contributed by atoms with Crippen LogP contribution in [0.2, 0.25) is 0 Å². The molecule has 0 radical (unpaired) electrons. The molecule has 21 heavy (non-hydrogen) atoms. The van der Waals surface area contributed by atoms with Crippen molar-refractivity contribution in [1.82, 2.24) is 19.5 Å². The fraction of sp³-hybridized carbons (Fsp3) is 0.733. The van der Waals surface area contributed by atoms with Crippen LogP contribution >= 0.6 is 11.3 Å². The Balaban J connectivity index is 1.83. The van der Waals surface area contributed by atoms with Crippen LogP contribution in [0.5, 0.6) is 0 Å². The van der Waals surface area contributed by atoms with Crippen LogP contribution in [0.25, 0.3) is 4.96 Å². The smallest absolute Gasteiger partial charge is 0.214 e. The van der Waals surface area contributed by atoms with Crippen molar-refractivity contribution in [3.8, 4) is 0 Å². The highest BCUT2D eigenvalue weighted by Gasteiger charge is 2.25. The number of piperidine rings is 1. The minimum absolute atomic E-state index is 0.0781. The van der Waals surface area contributed by atoms with Gasteiger partial charge in [-0.3, -0.25) is 0 Å². The average molecular weight is 307 g/mol. The Hall–Kier alpha value is -1.14. The Morgan fingerprint density at radius 1 is 1.33 bits per heavy atom. The highest BCUT2D eigenvalue weighted by Crippen LogP contribution is 2.29. The number of likely N-dealkylation sites (N-methyl/N-ethyl adjacent to an activating group) is 1. The summed E-state index contributed by atoms with van der Waals surface area (Å²) in [6.07, 6.45) is 4.58. The maximum absolute atomic E-state index is 4.74. The Labute approximate surface area is 130 Å². The van der Waals surface area contributed by atoms with Crippen LogP contribution in [-0.2, 0) is 5.41 Å². The quantitative estimate of drug-likeness (QED) is 0.854. The van der Waals surface area contributed by atoms with Gasteiger partial charge in [-0.05, 0) is 26.9 Å². The minimum atomic E-state index is 0.0781. The van der Waals surface area contributed by atoms with Gasteiger partial charge < -0.3 is 9.80 Å². The van der Waals surface area contributed by atoms with Gasteiger partial charge in [0.15, 0.2) is 0 Å². The first-order valence-electron chi connectivity index (χ1n) is 7.62. The lowest BCUT2D eigenvalue weighted by Crippen LogP contribution is -2.45. The lowest BCUT2D eigenvalue weighted by molar-refractivity contribution is 0.258. The Kier molecular flexibility index (Phi) is 3.69. The molecule has 2 aromatic heterocycles. The van der Waals surface area contributed by atoms with Crippen LogP contribution in [-0.4, -0.2) is 52.7 Å². The number of rotatable bonds is 2. The number of aromatic nitrogens is 3. The van der Waals surface area contributed by atoms with Crippen molar-refractivity contribution in [2.24, 2.45) is 0 Å². The van der Waals surface area contributed by atoms with E-state index >= 15 is 0 Å². The van der Waals surface area contributed by atoms with E-state index in [4.69, 9.17) is 10.1 Å². The largest absolute Gasteiger partial charge is 0.345 e. The molecule has 1 unspecified atom stereocenters. The summed E-state index contributed by atoms with van der Waals surface area (Å²) in [5.41, 5.74) is 1.19. The maximum Gasteiger partial charge on any atom is 0.214 e. The van der Waals surface area contributed by atoms with Crippen molar-refractivity contribution >= 4 is 21.4 Å². The molecule has 1 fully saturated rings. The van der Waals surface area contributed by atoms with Gasteiger partial charge in [0.05, 0.1) is 11.9 Å². The van der Waals surface area contributed by atoms with Gasteiger partial charge in [0.2, 0.25) is 10.1 Å². The predicted octanol–water partition coefficient (Wildman–Crippen LogP) is 2.62. The molecule has 1 atom stereocenters. The molecular weight excluding hydrogens is 282 g/mol. The van der Waals surface area contributed by atoms with E-state index in [1.165, 1.54) is 12.8 Å². The van der Waals surface area contributed by atoms with Crippen molar-refractivity contribution in [3.05, 3.63) is 11.9 Å². The molecular formula is C15H25N5S. The molecule has 1 aliphatic heterocycles. The van der Waals surface area contributed by atoms with Gasteiger partial charge in [0, 0.05) is 24.5 Å². The third kappa shape index (κ3) is 2.92. The molecule has 1 aliphatic rings. The van der Waals surface area contributed by atoms with Crippen LogP contribution in [0.4, 0.5) is 5.13 Å². The zero-order valence-electron chi connectivity index (χ0n) is 13.6. The van der Waals surface area contributed by atoms with Gasteiger partial charge in [-0.25, -0.2) is 9.50 Å². The summed E-state index contributed by atoms with van der Waals surface area (Å²) in [7, 11) is 4.33. The molecule has 2 aromatic rings. The SMILES string of the molecule is CN(C)C1CCCN(c2nn3cc(C(C)(C)C)nc3s2)C1. The lowest BCUT2D eigenvalue weighted by Gasteiger charge is -2.35. The number of fused-ring (bicyclic) bond motifs is 1. The summed E-state index contributed by atoms with van der Waals surface area (Å²) in [4.78, 5) is 10.5. The first kappa shape index (κ1) is 14.8. The number of hydrogen-bond donors (Lipinski definition) is 0. The summed E-state index contributed by atoms with van der Waals surface area (Å²) in [6.45, 7) is 8.73. The topological polar surface area (TPSA) is 36.7 Å². The van der Waals surface area contributed by atoms with Crippen LogP contribution in [0.3, 0.4) is 0 Å². The highest BCUT2D eigenvalue weighted by molar-refractivity contribution is 7.20. The molecule has 0 aromatic carbocycles. The molecule has 0 amide bonds. The monoisotopic (exact) mass is 307 g/mol. The molecule has 1 saturated heterocycles. The third-order valence-electron chi connectivity index (χ3n) is 4.20. The maximum atomic E-state index is 4.74. The number of nitrogens with zero attached hydrogens (tertiary/aromatic N) is 5. The summed E-state index contributed by atoms with van der Waals surface area (Å²) >= 11 is 1.70. The van der Waals surface area contributed by atoms with Gasteiger partial charge in [-0.15, -0.1) is 5.10 Å². The number of anilines is 1. The second kappa shape index (κ2) is 5.25. The van der Waals surface area contributed by atoms with Crippen LogP contribution in [0.15, 0.2) is 6.20 Å². The van der Waals surface area contributed by atoms with Crippen molar-refractivity contribution in [1.29, 1.82) is 0 Å². The van der Waals surface area contributed by atoms with Crippen molar-refractivity contribution in [2.75, 3.05) is 32.1 Å². The van der Waals surface area contributed by atoms with E-state index < -0.39 is 0 Å². The van der Waals surface area contributed by atoms with Crippen LogP contribution < -0.4 is 4.90 Å². The van der Waals surface area contributed by atoms with E-state index in [2.05, 4.69) is 50.9 Å². The van der Waals surface area contributed by atoms with E-state index in [1.807, 2.05) is 4.52 Å². The highest BCUT2D eigenvalue weighted by atomic mass is 32.1. The second-order valence-corrected chi connectivity index (χ2v) is 8.13. The standard InChI is InChI=1S/C15H25N5S/c1-15(2,3)12-10-20-13(16-12)21-14(17-20)19-8-6-7-11(9-19)18(4)5/h10-11H,6-9H2,1-5H3. The normalized spacial score (nSPS) is 20.7. The van der Waals surface area contributed by atoms with Crippen molar-refractivity contribution in [2.45, 2.75) is 45.1 Å². The summed E-state index contributed by atoms with van der Waals surface area (Å²) in [5.74, 6) is 0. The summed E-state index contributed by atoms with van der Waals surface area (Å²) < 4.78 is 1.94. The average Bonchev–Trinajstić information content (AvgIpc) is 2.96. The van der Waals surface area contributed by atoms with Crippen LogP contribution in [0.1, 0.15) is 39.3 Å². The van der Waals surface area contributed by atoms with Gasteiger partial charge in [-0.1, -0.05) is 32.1 Å². The summed E-state index contributed by atoms with van der Waals surface area (Å²) in [5, 5.41) is 5.85. The molecule has 0 N–H and O–H groups in total. The van der Waals surface area contributed by atoms with E-state index in [1.54, 1.807) is 11.3 Å².